The minimum atomic E-state index is 0.841. The second-order valence-electron chi connectivity index (χ2n) is 4.68. The maximum absolute atomic E-state index is 5.64. The quantitative estimate of drug-likeness (QED) is 0.703. The number of likely N-dealkylation sites (tertiary alicyclic amines) is 1. The number of nitrogens with two attached hydrogens (primary N) is 1. The molecule has 2 N–H and O–H groups in total. The lowest BCUT2D eigenvalue weighted by atomic mass is 9.79. The summed E-state index contributed by atoms with van der Waals surface area (Å²) < 4.78 is 0. The molecule has 0 amide bonds. The fraction of sp³-hybridized carbons (Fsp3) is 1.00. The van der Waals surface area contributed by atoms with Crippen molar-refractivity contribution in [1.29, 1.82) is 0 Å². The zero-order valence-electron chi connectivity index (χ0n) is 8.54. The van der Waals surface area contributed by atoms with E-state index in [0.717, 1.165) is 18.5 Å². The standard InChI is InChI=1S/C11H22N2/c12-9-10-7-11(8-10)13-5-3-1-2-4-6-13/h10-11H,1-9,12H2. The molecule has 2 nitrogen and oxygen atoms in total. The maximum atomic E-state index is 5.64. The van der Waals surface area contributed by atoms with Gasteiger partial charge in [-0.05, 0) is 51.2 Å². The van der Waals surface area contributed by atoms with E-state index in [1.165, 1.54) is 51.6 Å². The molecule has 0 unspecified atom stereocenters. The number of nitrogens with zero attached hydrogens (tertiary/aromatic N) is 1. The van der Waals surface area contributed by atoms with Crippen LogP contribution in [0.2, 0.25) is 0 Å². The van der Waals surface area contributed by atoms with Gasteiger partial charge in [-0.2, -0.15) is 0 Å². The van der Waals surface area contributed by atoms with Crippen molar-refractivity contribution in [3.05, 3.63) is 0 Å². The van der Waals surface area contributed by atoms with Crippen LogP contribution >= 0.6 is 0 Å². The van der Waals surface area contributed by atoms with Crippen LogP contribution in [0, 0.1) is 5.92 Å². The van der Waals surface area contributed by atoms with Gasteiger partial charge in [0, 0.05) is 6.04 Å². The smallest absolute Gasteiger partial charge is 0.0101 e. The average molecular weight is 182 g/mol. The maximum Gasteiger partial charge on any atom is 0.0101 e. The summed E-state index contributed by atoms with van der Waals surface area (Å²) >= 11 is 0. The van der Waals surface area contributed by atoms with Crippen LogP contribution in [0.5, 0.6) is 0 Å². The molecule has 0 atom stereocenters. The summed E-state index contributed by atoms with van der Waals surface area (Å²) in [6.07, 6.45) is 8.48. The molecule has 0 radical (unpaired) electrons. The SMILES string of the molecule is NCC1CC(N2CCCCCC2)C1. The van der Waals surface area contributed by atoms with Crippen LogP contribution in [0.4, 0.5) is 0 Å². The Morgan fingerprint density at radius 2 is 1.62 bits per heavy atom. The largest absolute Gasteiger partial charge is 0.330 e. The van der Waals surface area contributed by atoms with Crippen LogP contribution in [-0.2, 0) is 0 Å². The van der Waals surface area contributed by atoms with Crippen LogP contribution in [0.15, 0.2) is 0 Å². The van der Waals surface area contributed by atoms with Gasteiger partial charge in [0.2, 0.25) is 0 Å². The Morgan fingerprint density at radius 3 is 2.15 bits per heavy atom. The molecule has 76 valence electrons. The molecule has 1 saturated heterocycles. The molecule has 2 fully saturated rings. The van der Waals surface area contributed by atoms with Gasteiger partial charge >= 0.3 is 0 Å². The van der Waals surface area contributed by atoms with Gasteiger partial charge in [0.15, 0.2) is 0 Å². The van der Waals surface area contributed by atoms with E-state index < -0.39 is 0 Å². The molecule has 1 heterocycles. The van der Waals surface area contributed by atoms with Crippen LogP contribution in [0.3, 0.4) is 0 Å². The molecule has 13 heavy (non-hydrogen) atoms. The Kier molecular flexibility index (Phi) is 3.23. The molecular weight excluding hydrogens is 160 g/mol. The van der Waals surface area contributed by atoms with Gasteiger partial charge in [0.1, 0.15) is 0 Å². The third-order valence-electron chi connectivity index (χ3n) is 3.70. The van der Waals surface area contributed by atoms with Crippen molar-refractivity contribution in [3.8, 4) is 0 Å². The van der Waals surface area contributed by atoms with Crippen molar-refractivity contribution < 1.29 is 0 Å². The van der Waals surface area contributed by atoms with E-state index in [-0.39, 0.29) is 0 Å². The molecule has 1 saturated carbocycles. The molecule has 1 aliphatic heterocycles. The van der Waals surface area contributed by atoms with Crippen molar-refractivity contribution in [3.63, 3.8) is 0 Å². The average Bonchev–Trinajstić information content (AvgIpc) is 2.31. The van der Waals surface area contributed by atoms with E-state index in [1.807, 2.05) is 0 Å². The number of hydrogen-bond acceptors (Lipinski definition) is 2. The highest BCUT2D eigenvalue weighted by Gasteiger charge is 2.32. The second-order valence-corrected chi connectivity index (χ2v) is 4.68. The molecule has 2 heteroatoms. The Hall–Kier alpha value is -0.0800. The molecule has 2 rings (SSSR count). The molecule has 0 spiro atoms. The van der Waals surface area contributed by atoms with Crippen molar-refractivity contribution in [2.45, 2.75) is 44.6 Å². The number of rotatable bonds is 2. The summed E-state index contributed by atoms with van der Waals surface area (Å²) in [7, 11) is 0. The van der Waals surface area contributed by atoms with Crippen LogP contribution in [-0.4, -0.2) is 30.6 Å². The first-order chi connectivity index (χ1) is 6.40. The highest BCUT2D eigenvalue weighted by Crippen LogP contribution is 2.32. The first kappa shape index (κ1) is 9.47. The lowest BCUT2D eigenvalue weighted by Crippen LogP contribution is -2.47. The Bertz CT molecular complexity index is 144. The van der Waals surface area contributed by atoms with Gasteiger partial charge in [-0.15, -0.1) is 0 Å². The van der Waals surface area contributed by atoms with Crippen LogP contribution in [0.25, 0.3) is 0 Å². The highest BCUT2D eigenvalue weighted by atomic mass is 15.2. The predicted octanol–water partition coefficient (Wildman–Crippen LogP) is 1.60. The molecule has 0 aromatic rings. The summed E-state index contributed by atoms with van der Waals surface area (Å²) in [5.74, 6) is 0.841. The zero-order chi connectivity index (χ0) is 9.10. The van der Waals surface area contributed by atoms with Crippen molar-refractivity contribution in [2.75, 3.05) is 19.6 Å². The third-order valence-corrected chi connectivity index (χ3v) is 3.70. The Labute approximate surface area is 81.5 Å². The number of hydrogen-bond donors (Lipinski definition) is 1. The topological polar surface area (TPSA) is 29.3 Å². The van der Waals surface area contributed by atoms with Gasteiger partial charge in [-0.1, -0.05) is 12.8 Å². The van der Waals surface area contributed by atoms with E-state index in [0.29, 0.717) is 0 Å². The third kappa shape index (κ3) is 2.23. The fourth-order valence-electron chi connectivity index (χ4n) is 2.65. The molecule has 1 aliphatic carbocycles. The molecule has 2 aliphatic rings. The van der Waals surface area contributed by atoms with Crippen molar-refractivity contribution in [2.24, 2.45) is 11.7 Å². The zero-order valence-corrected chi connectivity index (χ0v) is 8.54. The first-order valence-electron chi connectivity index (χ1n) is 5.84. The summed E-state index contributed by atoms with van der Waals surface area (Å²) in [4.78, 5) is 2.71. The van der Waals surface area contributed by atoms with E-state index >= 15 is 0 Å². The Balaban J connectivity index is 1.74. The van der Waals surface area contributed by atoms with Gasteiger partial charge in [-0.3, -0.25) is 0 Å². The summed E-state index contributed by atoms with van der Waals surface area (Å²) in [5, 5.41) is 0. The van der Waals surface area contributed by atoms with Gasteiger partial charge in [0.25, 0.3) is 0 Å². The lowest BCUT2D eigenvalue weighted by molar-refractivity contribution is 0.0850. The minimum absolute atomic E-state index is 0.841. The molecule has 0 bridgehead atoms. The first-order valence-corrected chi connectivity index (χ1v) is 5.84. The Morgan fingerprint density at radius 1 is 1.00 bits per heavy atom. The minimum Gasteiger partial charge on any atom is -0.330 e. The summed E-state index contributed by atoms with van der Waals surface area (Å²) in [5.41, 5.74) is 5.64. The van der Waals surface area contributed by atoms with Gasteiger partial charge in [-0.25, -0.2) is 0 Å². The van der Waals surface area contributed by atoms with Crippen molar-refractivity contribution in [1.82, 2.24) is 4.90 Å². The van der Waals surface area contributed by atoms with Crippen molar-refractivity contribution >= 4 is 0 Å². The molecular formula is C11H22N2. The fourth-order valence-corrected chi connectivity index (χ4v) is 2.65. The molecule has 0 aromatic carbocycles. The van der Waals surface area contributed by atoms with E-state index in [9.17, 15) is 0 Å². The van der Waals surface area contributed by atoms with Gasteiger partial charge in [0.05, 0.1) is 0 Å². The van der Waals surface area contributed by atoms with Crippen LogP contribution < -0.4 is 5.73 Å². The lowest BCUT2D eigenvalue weighted by Gasteiger charge is -2.42. The normalized spacial score (nSPS) is 36.7. The second kappa shape index (κ2) is 4.43. The monoisotopic (exact) mass is 182 g/mol. The van der Waals surface area contributed by atoms with Crippen LogP contribution in [0.1, 0.15) is 38.5 Å². The van der Waals surface area contributed by atoms with E-state index in [4.69, 9.17) is 5.73 Å². The molecule has 0 aromatic heterocycles. The summed E-state index contributed by atoms with van der Waals surface area (Å²) in [6.45, 7) is 3.61. The van der Waals surface area contributed by atoms with Gasteiger partial charge < -0.3 is 10.6 Å². The van der Waals surface area contributed by atoms with E-state index in [1.54, 1.807) is 0 Å². The summed E-state index contributed by atoms with van der Waals surface area (Å²) in [6, 6.07) is 0.895. The van der Waals surface area contributed by atoms with E-state index in [2.05, 4.69) is 4.90 Å². The highest BCUT2D eigenvalue weighted by molar-refractivity contribution is 4.88. The predicted molar refractivity (Wildman–Crippen MR) is 55.6 cm³/mol.